The molecule has 0 aliphatic rings. The first-order chi connectivity index (χ1) is 13.2. The molecule has 0 radical (unpaired) electrons. The molecule has 0 saturated heterocycles. The molecule has 0 aliphatic carbocycles. The van der Waals surface area contributed by atoms with E-state index in [-0.39, 0.29) is 18.0 Å². The van der Waals surface area contributed by atoms with Crippen molar-refractivity contribution in [3.05, 3.63) is 65.4 Å². The number of aromatic nitrogens is 2. The van der Waals surface area contributed by atoms with Crippen LogP contribution in [-0.4, -0.2) is 35.7 Å². The third-order valence-corrected chi connectivity index (χ3v) is 3.72. The third-order valence-electron chi connectivity index (χ3n) is 3.72. The smallest absolute Gasteiger partial charge is 0.254 e. The molecule has 0 unspecified atom stereocenters. The summed E-state index contributed by atoms with van der Waals surface area (Å²) in [4.78, 5) is 28.2. The van der Waals surface area contributed by atoms with Crippen LogP contribution in [0.2, 0.25) is 0 Å². The van der Waals surface area contributed by atoms with Gasteiger partial charge in [-0.2, -0.15) is 0 Å². The molecule has 3 rings (SSSR count). The van der Waals surface area contributed by atoms with Crippen molar-refractivity contribution in [1.29, 1.82) is 0 Å². The number of amides is 1. The predicted molar refractivity (Wildman–Crippen MR) is 97.7 cm³/mol. The molecular weight excluding hydrogens is 350 g/mol. The van der Waals surface area contributed by atoms with Gasteiger partial charge in [-0.05, 0) is 36.4 Å². The summed E-state index contributed by atoms with van der Waals surface area (Å²) in [7, 11) is 1.59. The quantitative estimate of drug-likeness (QED) is 0.607. The number of hydrogen-bond donors (Lipinski definition) is 1. The number of furan rings is 1. The molecule has 0 spiro atoms. The molecule has 8 nitrogen and oxygen atoms in total. The van der Waals surface area contributed by atoms with Gasteiger partial charge in [0.25, 0.3) is 5.56 Å². The van der Waals surface area contributed by atoms with E-state index >= 15 is 0 Å². The van der Waals surface area contributed by atoms with Gasteiger partial charge < -0.3 is 19.2 Å². The lowest BCUT2D eigenvalue weighted by molar-refractivity contribution is -0.121. The Morgan fingerprint density at radius 3 is 2.67 bits per heavy atom. The number of carbonyl (C=O) groups excluding carboxylic acids is 1. The molecule has 0 saturated carbocycles. The van der Waals surface area contributed by atoms with E-state index < -0.39 is 0 Å². The number of ether oxygens (including phenoxy) is 2. The predicted octanol–water partition coefficient (Wildman–Crippen LogP) is 1.71. The third kappa shape index (κ3) is 4.97. The van der Waals surface area contributed by atoms with Gasteiger partial charge in [0, 0.05) is 6.07 Å². The second kappa shape index (κ2) is 8.70. The number of methoxy groups -OCH3 is 1. The van der Waals surface area contributed by atoms with E-state index in [0.29, 0.717) is 30.4 Å². The van der Waals surface area contributed by atoms with Crippen LogP contribution in [0.5, 0.6) is 11.5 Å². The van der Waals surface area contributed by atoms with E-state index in [0.717, 1.165) is 5.75 Å². The van der Waals surface area contributed by atoms with Crippen LogP contribution in [0.4, 0.5) is 0 Å². The SMILES string of the molecule is COc1ccc(OCCNC(=O)Cn2cnc(-c3ccco3)cc2=O)cc1. The molecule has 1 amide bonds. The van der Waals surface area contributed by atoms with Crippen molar-refractivity contribution in [3.63, 3.8) is 0 Å². The maximum Gasteiger partial charge on any atom is 0.254 e. The Kier molecular flexibility index (Phi) is 5.88. The van der Waals surface area contributed by atoms with Crippen LogP contribution in [0.25, 0.3) is 11.5 Å². The summed E-state index contributed by atoms with van der Waals surface area (Å²) in [5.74, 6) is 1.62. The molecule has 2 heterocycles. The molecule has 3 aromatic rings. The second-order valence-corrected chi connectivity index (χ2v) is 5.59. The molecule has 2 aromatic heterocycles. The Balaban J connectivity index is 1.45. The zero-order chi connectivity index (χ0) is 19.1. The Morgan fingerprint density at radius 1 is 1.22 bits per heavy atom. The molecule has 0 aliphatic heterocycles. The van der Waals surface area contributed by atoms with E-state index in [1.165, 1.54) is 23.2 Å². The summed E-state index contributed by atoms with van der Waals surface area (Å²) >= 11 is 0. The number of nitrogens with one attached hydrogen (secondary N) is 1. The van der Waals surface area contributed by atoms with Gasteiger partial charge in [0.05, 0.1) is 26.2 Å². The zero-order valence-electron chi connectivity index (χ0n) is 14.8. The number of carbonyl (C=O) groups is 1. The summed E-state index contributed by atoms with van der Waals surface area (Å²) in [6.45, 7) is 0.507. The monoisotopic (exact) mass is 369 g/mol. The number of rotatable bonds is 8. The Hall–Kier alpha value is -3.55. The van der Waals surface area contributed by atoms with E-state index in [9.17, 15) is 9.59 Å². The highest BCUT2D eigenvalue weighted by molar-refractivity contribution is 5.75. The number of hydrogen-bond acceptors (Lipinski definition) is 6. The largest absolute Gasteiger partial charge is 0.497 e. The zero-order valence-corrected chi connectivity index (χ0v) is 14.8. The lowest BCUT2D eigenvalue weighted by Crippen LogP contribution is -2.34. The average molecular weight is 369 g/mol. The minimum atomic E-state index is -0.332. The molecule has 0 atom stereocenters. The number of benzene rings is 1. The fraction of sp³-hybridized carbons (Fsp3) is 0.211. The van der Waals surface area contributed by atoms with Crippen LogP contribution in [0, 0.1) is 0 Å². The van der Waals surface area contributed by atoms with Crippen molar-refractivity contribution < 1.29 is 18.7 Å². The first-order valence-electron chi connectivity index (χ1n) is 8.29. The normalized spacial score (nSPS) is 10.4. The van der Waals surface area contributed by atoms with E-state index in [2.05, 4.69) is 10.3 Å². The highest BCUT2D eigenvalue weighted by Crippen LogP contribution is 2.16. The van der Waals surface area contributed by atoms with Gasteiger partial charge in [0.2, 0.25) is 5.91 Å². The van der Waals surface area contributed by atoms with Gasteiger partial charge in [0.15, 0.2) is 5.76 Å². The fourth-order valence-electron chi connectivity index (χ4n) is 2.35. The van der Waals surface area contributed by atoms with Gasteiger partial charge >= 0.3 is 0 Å². The first-order valence-corrected chi connectivity index (χ1v) is 8.29. The van der Waals surface area contributed by atoms with Crippen LogP contribution >= 0.6 is 0 Å². The lowest BCUT2D eigenvalue weighted by Gasteiger charge is -2.09. The van der Waals surface area contributed by atoms with Crippen LogP contribution in [0.1, 0.15) is 0 Å². The average Bonchev–Trinajstić information content (AvgIpc) is 3.22. The van der Waals surface area contributed by atoms with Gasteiger partial charge in [-0.25, -0.2) is 4.98 Å². The molecule has 1 N–H and O–H groups in total. The van der Waals surface area contributed by atoms with Gasteiger partial charge in [-0.1, -0.05) is 0 Å². The van der Waals surface area contributed by atoms with Gasteiger partial charge in [-0.3, -0.25) is 14.2 Å². The molecule has 1 aromatic carbocycles. The topological polar surface area (TPSA) is 95.6 Å². The van der Waals surface area contributed by atoms with Crippen LogP contribution < -0.4 is 20.3 Å². The van der Waals surface area contributed by atoms with Crippen molar-refractivity contribution >= 4 is 5.91 Å². The summed E-state index contributed by atoms with van der Waals surface area (Å²) < 4.78 is 17.0. The molecular formula is C19H19N3O5. The Morgan fingerprint density at radius 2 is 2.00 bits per heavy atom. The van der Waals surface area contributed by atoms with Crippen LogP contribution in [-0.2, 0) is 11.3 Å². The van der Waals surface area contributed by atoms with Crippen LogP contribution in [0.3, 0.4) is 0 Å². The fourth-order valence-corrected chi connectivity index (χ4v) is 2.35. The molecule has 27 heavy (non-hydrogen) atoms. The Labute approximate surface area is 155 Å². The van der Waals surface area contributed by atoms with E-state index in [4.69, 9.17) is 13.9 Å². The highest BCUT2D eigenvalue weighted by Gasteiger charge is 2.08. The molecule has 140 valence electrons. The molecule has 0 bridgehead atoms. The standard InChI is InChI=1S/C19H19N3O5/c1-25-14-4-6-15(7-5-14)26-10-8-20-18(23)12-22-13-21-16(11-19(22)24)17-3-2-9-27-17/h2-7,9,11,13H,8,10,12H2,1H3,(H,20,23). The molecule has 0 fully saturated rings. The van der Waals surface area contributed by atoms with Crippen molar-refractivity contribution in [2.45, 2.75) is 6.54 Å². The highest BCUT2D eigenvalue weighted by atomic mass is 16.5. The summed E-state index contributed by atoms with van der Waals surface area (Å²) in [6, 6.07) is 11.9. The first kappa shape index (κ1) is 18.2. The maximum absolute atomic E-state index is 12.1. The summed E-state index contributed by atoms with van der Waals surface area (Å²) in [5, 5.41) is 2.70. The van der Waals surface area contributed by atoms with Gasteiger partial charge in [0.1, 0.15) is 30.3 Å². The van der Waals surface area contributed by atoms with E-state index in [1.54, 1.807) is 43.5 Å². The maximum atomic E-state index is 12.1. The van der Waals surface area contributed by atoms with Crippen molar-refractivity contribution in [2.24, 2.45) is 0 Å². The lowest BCUT2D eigenvalue weighted by atomic mass is 10.3. The summed E-state index contributed by atoms with van der Waals surface area (Å²) in [5.41, 5.74) is 0.0931. The van der Waals surface area contributed by atoms with Crippen molar-refractivity contribution in [1.82, 2.24) is 14.9 Å². The second-order valence-electron chi connectivity index (χ2n) is 5.59. The number of nitrogens with zero attached hydrogens (tertiary/aromatic N) is 2. The van der Waals surface area contributed by atoms with Crippen molar-refractivity contribution in [3.8, 4) is 23.0 Å². The Bertz CT molecular complexity index is 933. The van der Waals surface area contributed by atoms with E-state index in [1.807, 2.05) is 0 Å². The molecule has 8 heteroatoms. The van der Waals surface area contributed by atoms with Crippen molar-refractivity contribution in [2.75, 3.05) is 20.3 Å². The van der Waals surface area contributed by atoms with Crippen LogP contribution in [0.15, 0.2) is 64.3 Å². The summed E-state index contributed by atoms with van der Waals surface area (Å²) in [6.07, 6.45) is 2.83. The minimum absolute atomic E-state index is 0.118. The van der Waals surface area contributed by atoms with Gasteiger partial charge in [-0.15, -0.1) is 0 Å². The minimum Gasteiger partial charge on any atom is -0.497 e.